The summed E-state index contributed by atoms with van der Waals surface area (Å²) in [6, 6.07) is 0. The molecule has 4 heteroatoms. The van der Waals surface area contributed by atoms with E-state index in [0.29, 0.717) is 6.61 Å². The Morgan fingerprint density at radius 1 is 1.57 bits per heavy atom. The second kappa shape index (κ2) is 6.19. The molecule has 1 rings (SSSR count). The smallest absolute Gasteiger partial charge is 0.168 e. The standard InChI is InChI=1S/C10H20N2OS/c1-12(8-9-4-3-5-9)10(14)11-6-7-13-2/h9H,3-8H2,1-2H3,(H,11,14). The van der Waals surface area contributed by atoms with E-state index in [4.69, 9.17) is 17.0 Å². The molecular formula is C10H20N2OS. The molecule has 82 valence electrons. The Kier molecular flexibility index (Phi) is 5.19. The molecule has 0 aromatic rings. The Bertz CT molecular complexity index is 183. The van der Waals surface area contributed by atoms with Crippen LogP contribution in [-0.2, 0) is 4.74 Å². The monoisotopic (exact) mass is 216 g/mol. The molecular weight excluding hydrogens is 196 g/mol. The first-order valence-corrected chi connectivity index (χ1v) is 5.62. The van der Waals surface area contributed by atoms with Crippen molar-refractivity contribution in [1.29, 1.82) is 0 Å². The van der Waals surface area contributed by atoms with Crippen LogP contribution in [0, 0.1) is 5.92 Å². The normalized spacial score (nSPS) is 16.1. The quantitative estimate of drug-likeness (QED) is 0.552. The maximum absolute atomic E-state index is 5.24. The van der Waals surface area contributed by atoms with E-state index in [1.165, 1.54) is 19.3 Å². The lowest BCUT2D eigenvalue weighted by Crippen LogP contribution is -2.41. The summed E-state index contributed by atoms with van der Waals surface area (Å²) in [5.41, 5.74) is 0. The maximum Gasteiger partial charge on any atom is 0.168 e. The van der Waals surface area contributed by atoms with Crippen LogP contribution in [0.4, 0.5) is 0 Å². The van der Waals surface area contributed by atoms with Crippen molar-refractivity contribution in [1.82, 2.24) is 10.2 Å². The third-order valence-electron chi connectivity index (χ3n) is 2.69. The van der Waals surface area contributed by atoms with Gasteiger partial charge in [0.05, 0.1) is 6.61 Å². The van der Waals surface area contributed by atoms with Gasteiger partial charge in [0, 0.05) is 27.2 Å². The topological polar surface area (TPSA) is 24.5 Å². The largest absolute Gasteiger partial charge is 0.383 e. The molecule has 14 heavy (non-hydrogen) atoms. The lowest BCUT2D eigenvalue weighted by molar-refractivity contribution is 0.202. The molecule has 1 fully saturated rings. The van der Waals surface area contributed by atoms with Crippen LogP contribution in [0.25, 0.3) is 0 Å². The molecule has 0 bridgehead atoms. The van der Waals surface area contributed by atoms with E-state index in [0.717, 1.165) is 24.1 Å². The van der Waals surface area contributed by atoms with Gasteiger partial charge < -0.3 is 15.0 Å². The summed E-state index contributed by atoms with van der Waals surface area (Å²) in [4.78, 5) is 2.13. The van der Waals surface area contributed by atoms with Crippen LogP contribution in [-0.4, -0.2) is 43.9 Å². The SMILES string of the molecule is COCCNC(=S)N(C)CC1CCC1. The average molecular weight is 216 g/mol. The van der Waals surface area contributed by atoms with Gasteiger partial charge in [0.2, 0.25) is 0 Å². The Morgan fingerprint density at radius 3 is 2.79 bits per heavy atom. The van der Waals surface area contributed by atoms with Gasteiger partial charge in [0.25, 0.3) is 0 Å². The van der Waals surface area contributed by atoms with Gasteiger partial charge in [-0.3, -0.25) is 0 Å². The van der Waals surface area contributed by atoms with Crippen LogP contribution in [0.1, 0.15) is 19.3 Å². The summed E-state index contributed by atoms with van der Waals surface area (Å²) in [7, 11) is 3.75. The van der Waals surface area contributed by atoms with Crippen molar-refractivity contribution in [2.24, 2.45) is 5.92 Å². The molecule has 1 aliphatic carbocycles. The van der Waals surface area contributed by atoms with Crippen LogP contribution < -0.4 is 5.32 Å². The number of rotatable bonds is 5. The van der Waals surface area contributed by atoms with Gasteiger partial charge in [-0.05, 0) is 31.0 Å². The molecule has 1 N–H and O–H groups in total. The molecule has 0 spiro atoms. The Morgan fingerprint density at radius 2 is 2.29 bits per heavy atom. The maximum atomic E-state index is 5.24. The zero-order chi connectivity index (χ0) is 10.4. The van der Waals surface area contributed by atoms with E-state index in [2.05, 4.69) is 17.3 Å². The van der Waals surface area contributed by atoms with Gasteiger partial charge in [-0.1, -0.05) is 6.42 Å². The third-order valence-corrected chi connectivity index (χ3v) is 3.14. The van der Waals surface area contributed by atoms with Crippen molar-refractivity contribution in [3.05, 3.63) is 0 Å². The van der Waals surface area contributed by atoms with Crippen LogP contribution >= 0.6 is 12.2 Å². The minimum absolute atomic E-state index is 0.706. The molecule has 0 aromatic carbocycles. The number of thiocarbonyl (C=S) groups is 1. The van der Waals surface area contributed by atoms with Gasteiger partial charge in [0.15, 0.2) is 5.11 Å². The van der Waals surface area contributed by atoms with Gasteiger partial charge >= 0.3 is 0 Å². The summed E-state index contributed by atoms with van der Waals surface area (Å²) in [6.45, 7) is 2.60. The van der Waals surface area contributed by atoms with Crippen molar-refractivity contribution in [2.45, 2.75) is 19.3 Å². The average Bonchev–Trinajstić information content (AvgIpc) is 2.11. The summed E-state index contributed by atoms with van der Waals surface area (Å²) in [5, 5.41) is 4.01. The molecule has 0 saturated heterocycles. The summed E-state index contributed by atoms with van der Waals surface area (Å²) in [5.74, 6) is 0.863. The minimum atomic E-state index is 0.706. The van der Waals surface area contributed by atoms with Crippen molar-refractivity contribution < 1.29 is 4.74 Å². The number of nitrogens with one attached hydrogen (secondary N) is 1. The van der Waals surface area contributed by atoms with E-state index >= 15 is 0 Å². The van der Waals surface area contributed by atoms with E-state index in [1.54, 1.807) is 7.11 Å². The highest BCUT2D eigenvalue weighted by Gasteiger charge is 2.19. The van der Waals surface area contributed by atoms with Crippen LogP contribution in [0.5, 0.6) is 0 Å². The molecule has 0 aliphatic heterocycles. The van der Waals surface area contributed by atoms with Crippen LogP contribution in [0.2, 0.25) is 0 Å². The Balaban J connectivity index is 2.08. The second-order valence-electron chi connectivity index (χ2n) is 3.90. The molecule has 3 nitrogen and oxygen atoms in total. The lowest BCUT2D eigenvalue weighted by Gasteiger charge is -2.31. The molecule has 0 unspecified atom stereocenters. The van der Waals surface area contributed by atoms with Crippen molar-refractivity contribution in [3.8, 4) is 0 Å². The summed E-state index contributed by atoms with van der Waals surface area (Å²) in [6.07, 6.45) is 4.12. The first-order chi connectivity index (χ1) is 6.74. The number of nitrogens with zero attached hydrogens (tertiary/aromatic N) is 1. The molecule has 0 atom stereocenters. The van der Waals surface area contributed by atoms with Gasteiger partial charge in [0.1, 0.15) is 0 Å². The zero-order valence-corrected chi connectivity index (χ0v) is 9.90. The fourth-order valence-electron chi connectivity index (χ4n) is 1.54. The highest BCUT2D eigenvalue weighted by molar-refractivity contribution is 7.80. The predicted octanol–water partition coefficient (Wildman–Crippen LogP) is 1.24. The van der Waals surface area contributed by atoms with E-state index in [-0.39, 0.29) is 0 Å². The highest BCUT2D eigenvalue weighted by Crippen LogP contribution is 2.26. The fourth-order valence-corrected chi connectivity index (χ4v) is 1.72. The fraction of sp³-hybridized carbons (Fsp3) is 0.900. The van der Waals surface area contributed by atoms with Gasteiger partial charge in [-0.25, -0.2) is 0 Å². The number of methoxy groups -OCH3 is 1. The van der Waals surface area contributed by atoms with Crippen molar-refractivity contribution in [2.75, 3.05) is 33.9 Å². The first-order valence-electron chi connectivity index (χ1n) is 5.22. The molecule has 1 saturated carbocycles. The zero-order valence-electron chi connectivity index (χ0n) is 9.08. The molecule has 0 heterocycles. The highest BCUT2D eigenvalue weighted by atomic mass is 32.1. The van der Waals surface area contributed by atoms with E-state index in [1.807, 2.05) is 0 Å². The first kappa shape index (κ1) is 11.7. The predicted molar refractivity (Wildman–Crippen MR) is 62.4 cm³/mol. The molecule has 0 aromatic heterocycles. The number of hydrogen-bond donors (Lipinski definition) is 1. The molecule has 0 amide bonds. The Hall–Kier alpha value is -0.350. The van der Waals surface area contributed by atoms with Crippen molar-refractivity contribution >= 4 is 17.3 Å². The number of hydrogen-bond acceptors (Lipinski definition) is 2. The van der Waals surface area contributed by atoms with Gasteiger partial charge in [-0.2, -0.15) is 0 Å². The van der Waals surface area contributed by atoms with Crippen LogP contribution in [0.3, 0.4) is 0 Å². The van der Waals surface area contributed by atoms with Crippen molar-refractivity contribution in [3.63, 3.8) is 0 Å². The lowest BCUT2D eigenvalue weighted by atomic mass is 9.85. The van der Waals surface area contributed by atoms with E-state index in [9.17, 15) is 0 Å². The van der Waals surface area contributed by atoms with Gasteiger partial charge in [-0.15, -0.1) is 0 Å². The van der Waals surface area contributed by atoms with E-state index < -0.39 is 0 Å². The summed E-state index contributed by atoms with van der Waals surface area (Å²) >= 11 is 5.24. The Labute approximate surface area is 91.8 Å². The van der Waals surface area contributed by atoms with Crippen LogP contribution in [0.15, 0.2) is 0 Å². The second-order valence-corrected chi connectivity index (χ2v) is 4.29. The summed E-state index contributed by atoms with van der Waals surface area (Å²) < 4.78 is 4.94. The minimum Gasteiger partial charge on any atom is -0.383 e. The molecule has 1 aliphatic rings. The third kappa shape index (κ3) is 3.80. The molecule has 0 radical (unpaired) electrons. The number of ether oxygens (including phenoxy) is 1.